The van der Waals surface area contributed by atoms with E-state index < -0.39 is 11.6 Å². The summed E-state index contributed by atoms with van der Waals surface area (Å²) >= 11 is 0. The van der Waals surface area contributed by atoms with Crippen molar-refractivity contribution in [1.29, 1.82) is 0 Å². The zero-order valence-electron chi connectivity index (χ0n) is 12.8. The Morgan fingerprint density at radius 2 is 1.73 bits per heavy atom. The van der Waals surface area contributed by atoms with E-state index in [1.165, 1.54) is 21.9 Å². The molecule has 1 aromatic carbocycles. The second-order valence-electron chi connectivity index (χ2n) is 6.74. The molecule has 0 saturated carbocycles. The molecule has 2 aliphatic rings. The van der Waals surface area contributed by atoms with Crippen LogP contribution in [-0.4, -0.2) is 57.4 Å². The molecule has 2 aliphatic heterocycles. The molecule has 6 nitrogen and oxygen atoms in total. The predicted molar refractivity (Wildman–Crippen MR) is 78.6 cm³/mol. The first-order valence-electron chi connectivity index (χ1n) is 7.20. The lowest BCUT2D eigenvalue weighted by atomic mass is 10.0. The fourth-order valence-electron chi connectivity index (χ4n) is 2.79. The van der Waals surface area contributed by atoms with Gasteiger partial charge in [-0.1, -0.05) is 0 Å². The number of carbonyl (C=O) groups is 3. The van der Waals surface area contributed by atoms with E-state index in [0.29, 0.717) is 24.2 Å². The van der Waals surface area contributed by atoms with E-state index in [9.17, 15) is 19.5 Å². The molecule has 0 aliphatic carbocycles. The van der Waals surface area contributed by atoms with E-state index in [1.54, 1.807) is 26.8 Å². The minimum atomic E-state index is -0.612. The zero-order valence-corrected chi connectivity index (χ0v) is 12.8. The van der Waals surface area contributed by atoms with Crippen LogP contribution in [0.3, 0.4) is 0 Å². The Labute approximate surface area is 128 Å². The van der Waals surface area contributed by atoms with E-state index in [1.807, 2.05) is 0 Å². The number of amides is 3. The Hall–Kier alpha value is -2.21. The van der Waals surface area contributed by atoms with Gasteiger partial charge in [-0.3, -0.25) is 19.3 Å². The smallest absolute Gasteiger partial charge is 0.262 e. The predicted octanol–water partition coefficient (Wildman–Crippen LogP) is 0.898. The summed E-state index contributed by atoms with van der Waals surface area (Å²) in [6, 6.07) is 4.57. The summed E-state index contributed by atoms with van der Waals surface area (Å²) in [5.74, 6) is -0.931. The highest BCUT2D eigenvalue weighted by Crippen LogP contribution is 2.30. The number of carbonyl (C=O) groups excluding carboxylic acids is 3. The quantitative estimate of drug-likeness (QED) is 0.782. The van der Waals surface area contributed by atoms with Gasteiger partial charge in [0.25, 0.3) is 17.7 Å². The molecule has 1 saturated heterocycles. The summed E-state index contributed by atoms with van der Waals surface area (Å²) in [6.07, 6.45) is -0.474. The van der Waals surface area contributed by atoms with Gasteiger partial charge in [0.05, 0.1) is 17.2 Å². The molecular formula is C16H18N2O4. The molecule has 0 radical (unpaired) electrons. The molecule has 1 aromatic rings. The molecule has 6 heteroatoms. The topological polar surface area (TPSA) is 77.9 Å². The van der Waals surface area contributed by atoms with Crippen molar-refractivity contribution in [1.82, 2.24) is 9.80 Å². The van der Waals surface area contributed by atoms with Crippen LogP contribution in [0.15, 0.2) is 18.2 Å². The molecule has 1 fully saturated rings. The van der Waals surface area contributed by atoms with Crippen LogP contribution < -0.4 is 0 Å². The first-order chi connectivity index (χ1) is 10.2. The number of β-amino-alcohol motifs (C(OH)–C–C–N with tert-alkyl or cyclic N) is 1. The van der Waals surface area contributed by atoms with Gasteiger partial charge in [-0.2, -0.15) is 0 Å². The summed E-state index contributed by atoms with van der Waals surface area (Å²) in [5.41, 5.74) is 0.355. The van der Waals surface area contributed by atoms with Crippen LogP contribution in [0, 0.1) is 0 Å². The molecule has 1 N–H and O–H groups in total. The van der Waals surface area contributed by atoms with Crippen molar-refractivity contribution in [2.75, 3.05) is 13.1 Å². The second kappa shape index (κ2) is 4.64. The second-order valence-corrected chi connectivity index (χ2v) is 6.74. The lowest BCUT2D eigenvalue weighted by molar-refractivity contribution is 0.00589. The third-order valence-corrected chi connectivity index (χ3v) is 3.95. The van der Waals surface area contributed by atoms with Crippen molar-refractivity contribution in [3.63, 3.8) is 0 Å². The Kier molecular flexibility index (Phi) is 3.11. The van der Waals surface area contributed by atoms with Gasteiger partial charge in [0.15, 0.2) is 0 Å². The zero-order chi connectivity index (χ0) is 16.2. The van der Waals surface area contributed by atoms with E-state index in [2.05, 4.69) is 0 Å². The largest absolute Gasteiger partial charge is 0.389 e. The van der Waals surface area contributed by atoms with E-state index in [0.717, 1.165) is 0 Å². The van der Waals surface area contributed by atoms with Crippen molar-refractivity contribution in [2.24, 2.45) is 0 Å². The minimum Gasteiger partial charge on any atom is -0.389 e. The molecule has 0 atom stereocenters. The fraction of sp³-hybridized carbons (Fsp3) is 0.438. The Balaban J connectivity index is 1.93. The van der Waals surface area contributed by atoms with Gasteiger partial charge in [-0.15, -0.1) is 0 Å². The highest BCUT2D eigenvalue weighted by Gasteiger charge is 2.42. The van der Waals surface area contributed by atoms with Crippen molar-refractivity contribution in [3.8, 4) is 0 Å². The van der Waals surface area contributed by atoms with Crippen molar-refractivity contribution >= 4 is 17.7 Å². The number of aliphatic hydroxyl groups excluding tert-OH is 1. The van der Waals surface area contributed by atoms with Gasteiger partial charge in [0.1, 0.15) is 0 Å². The summed E-state index contributed by atoms with van der Waals surface area (Å²) in [7, 11) is 0. The lowest BCUT2D eigenvalue weighted by Gasteiger charge is -2.35. The van der Waals surface area contributed by atoms with Crippen LogP contribution >= 0.6 is 0 Å². The summed E-state index contributed by atoms with van der Waals surface area (Å²) in [6.45, 7) is 5.99. The van der Waals surface area contributed by atoms with Gasteiger partial charge in [-0.25, -0.2) is 0 Å². The van der Waals surface area contributed by atoms with Gasteiger partial charge in [-0.05, 0) is 39.0 Å². The van der Waals surface area contributed by atoms with Crippen molar-refractivity contribution in [2.45, 2.75) is 32.4 Å². The van der Waals surface area contributed by atoms with Crippen LogP contribution in [0.5, 0.6) is 0 Å². The first kappa shape index (κ1) is 14.7. The van der Waals surface area contributed by atoms with E-state index in [4.69, 9.17) is 0 Å². The maximum Gasteiger partial charge on any atom is 0.262 e. The highest BCUT2D eigenvalue weighted by atomic mass is 16.3. The van der Waals surface area contributed by atoms with Gasteiger partial charge < -0.3 is 10.0 Å². The van der Waals surface area contributed by atoms with Gasteiger partial charge in [0, 0.05) is 24.2 Å². The van der Waals surface area contributed by atoms with Crippen molar-refractivity contribution < 1.29 is 19.5 Å². The van der Waals surface area contributed by atoms with Crippen molar-refractivity contribution in [3.05, 3.63) is 34.9 Å². The molecule has 3 rings (SSSR count). The number of hydrogen-bond donors (Lipinski definition) is 1. The lowest BCUT2D eigenvalue weighted by Crippen LogP contribution is -2.53. The van der Waals surface area contributed by atoms with Crippen LogP contribution in [0.4, 0.5) is 0 Å². The molecule has 0 aromatic heterocycles. The number of nitrogens with zero attached hydrogens (tertiary/aromatic N) is 2. The van der Waals surface area contributed by atoms with Crippen LogP contribution in [-0.2, 0) is 0 Å². The number of rotatable bonds is 1. The normalized spacial score (nSPS) is 18.5. The molecule has 2 heterocycles. The average molecular weight is 302 g/mol. The molecule has 116 valence electrons. The number of hydrogen-bond acceptors (Lipinski definition) is 4. The Bertz CT molecular complexity index is 684. The third-order valence-electron chi connectivity index (χ3n) is 3.95. The first-order valence-corrected chi connectivity index (χ1v) is 7.20. The average Bonchev–Trinajstić information content (AvgIpc) is 2.65. The fourth-order valence-corrected chi connectivity index (χ4v) is 2.79. The number of fused-ring (bicyclic) bond motifs is 1. The molecule has 0 spiro atoms. The maximum absolute atomic E-state index is 12.5. The standard InChI is InChI=1S/C16H18N2O4/c1-16(2,3)18-14(21)11-5-4-9(6-12(11)15(18)22)13(20)17-7-10(19)8-17/h4-6,10,19H,7-8H2,1-3H3. The Morgan fingerprint density at radius 1 is 1.14 bits per heavy atom. The Morgan fingerprint density at radius 3 is 2.27 bits per heavy atom. The SMILES string of the molecule is CC(C)(C)N1C(=O)c2ccc(C(=O)N3CC(O)C3)cc2C1=O. The molecule has 0 unspecified atom stereocenters. The molecular weight excluding hydrogens is 284 g/mol. The summed E-state index contributed by atoms with van der Waals surface area (Å²) < 4.78 is 0. The van der Waals surface area contributed by atoms with Crippen LogP contribution in [0.2, 0.25) is 0 Å². The van der Waals surface area contributed by atoms with Crippen LogP contribution in [0.1, 0.15) is 51.8 Å². The maximum atomic E-state index is 12.5. The molecule has 0 bridgehead atoms. The number of imide groups is 1. The van der Waals surface area contributed by atoms with Gasteiger partial charge in [0.2, 0.25) is 0 Å². The molecule has 3 amide bonds. The van der Waals surface area contributed by atoms with Crippen LogP contribution in [0.25, 0.3) is 0 Å². The number of benzene rings is 1. The van der Waals surface area contributed by atoms with Gasteiger partial charge >= 0.3 is 0 Å². The monoisotopic (exact) mass is 302 g/mol. The third kappa shape index (κ3) is 2.11. The summed E-state index contributed by atoms with van der Waals surface area (Å²) in [5, 5.41) is 9.27. The van der Waals surface area contributed by atoms with E-state index >= 15 is 0 Å². The summed E-state index contributed by atoms with van der Waals surface area (Å²) in [4.78, 5) is 39.8. The van der Waals surface area contributed by atoms with E-state index in [-0.39, 0.29) is 23.3 Å². The number of aliphatic hydroxyl groups is 1. The minimum absolute atomic E-state index is 0.234. The highest BCUT2D eigenvalue weighted by molar-refractivity contribution is 6.22. The molecule has 22 heavy (non-hydrogen) atoms. The number of likely N-dealkylation sites (tertiary alicyclic amines) is 1.